The number of nitrogens with one attached hydrogen (secondary N) is 1. The van der Waals surface area contributed by atoms with E-state index in [1.807, 2.05) is 0 Å². The van der Waals surface area contributed by atoms with E-state index in [-0.39, 0.29) is 11.7 Å². The Morgan fingerprint density at radius 2 is 1.94 bits per heavy atom. The highest BCUT2D eigenvalue weighted by Crippen LogP contribution is 2.43. The van der Waals surface area contributed by atoms with Crippen molar-refractivity contribution in [2.75, 3.05) is 13.2 Å². The highest BCUT2D eigenvalue weighted by molar-refractivity contribution is 5.60. The minimum Gasteiger partial charge on any atom is -0.398 e. The van der Waals surface area contributed by atoms with Crippen molar-refractivity contribution in [2.45, 2.75) is 37.1 Å². The van der Waals surface area contributed by atoms with Gasteiger partial charge in [-0.1, -0.05) is 0 Å². The molecule has 1 spiro atoms. The molecule has 0 aromatic rings. The fourth-order valence-electron chi connectivity index (χ4n) is 3.09. The van der Waals surface area contributed by atoms with Crippen LogP contribution in [-0.4, -0.2) is 31.0 Å². The maximum atomic E-state index is 6.35. The number of hydrogen-bond donors (Lipinski definition) is 3. The van der Waals surface area contributed by atoms with Gasteiger partial charge in [-0.2, -0.15) is 0 Å². The molecule has 18 heavy (non-hydrogen) atoms. The second-order valence-electron chi connectivity index (χ2n) is 5.23. The molecule has 1 atom stereocenters. The smallest absolute Gasteiger partial charge is 0.168 e. The molecule has 2 heterocycles. The van der Waals surface area contributed by atoms with Crippen LogP contribution in [0.15, 0.2) is 16.9 Å². The number of nitrogens with two attached hydrogens (primary N) is 2. The zero-order chi connectivity index (χ0) is 12.6. The summed E-state index contributed by atoms with van der Waals surface area (Å²) in [7, 11) is 0. The van der Waals surface area contributed by atoms with E-state index in [9.17, 15) is 0 Å². The van der Waals surface area contributed by atoms with Crippen molar-refractivity contribution in [1.29, 1.82) is 0 Å². The fourth-order valence-corrected chi connectivity index (χ4v) is 3.09. The Morgan fingerprint density at radius 1 is 1.28 bits per heavy atom. The van der Waals surface area contributed by atoms with Gasteiger partial charge in [-0.25, -0.2) is 4.99 Å². The van der Waals surface area contributed by atoms with Crippen molar-refractivity contribution < 1.29 is 9.47 Å². The fraction of sp³-hybridized carbons (Fsp3) is 0.750. The first-order valence-corrected chi connectivity index (χ1v) is 6.47. The summed E-state index contributed by atoms with van der Waals surface area (Å²) < 4.78 is 11.4. The minimum absolute atomic E-state index is 0.241. The molecule has 3 aliphatic rings. The second-order valence-corrected chi connectivity index (χ2v) is 5.23. The van der Waals surface area contributed by atoms with Crippen LogP contribution in [0.25, 0.3) is 0 Å². The van der Waals surface area contributed by atoms with Crippen LogP contribution in [0.1, 0.15) is 25.7 Å². The van der Waals surface area contributed by atoms with E-state index < -0.39 is 5.66 Å². The molecular formula is C12H20N4O2. The van der Waals surface area contributed by atoms with Crippen LogP contribution in [0.2, 0.25) is 0 Å². The third-order valence-corrected chi connectivity index (χ3v) is 4.24. The maximum absolute atomic E-state index is 6.35. The molecular weight excluding hydrogens is 232 g/mol. The molecule has 0 aromatic heterocycles. The van der Waals surface area contributed by atoms with Gasteiger partial charge in [0, 0.05) is 25.0 Å². The zero-order valence-corrected chi connectivity index (χ0v) is 10.4. The summed E-state index contributed by atoms with van der Waals surface area (Å²) in [5.41, 5.74) is 12.2. The van der Waals surface area contributed by atoms with Gasteiger partial charge in [0.05, 0.1) is 25.2 Å². The topological polar surface area (TPSA) is 94.9 Å². The molecule has 2 aliphatic heterocycles. The number of rotatable bonds is 1. The molecule has 3 rings (SSSR count). The Morgan fingerprint density at radius 3 is 2.56 bits per heavy atom. The number of aliphatic imine (C=N–C) groups is 1. The zero-order valence-electron chi connectivity index (χ0n) is 10.4. The van der Waals surface area contributed by atoms with E-state index in [0.29, 0.717) is 18.9 Å². The van der Waals surface area contributed by atoms with Crippen LogP contribution in [0.4, 0.5) is 0 Å². The Balaban J connectivity index is 1.70. The summed E-state index contributed by atoms with van der Waals surface area (Å²) in [6, 6.07) is 0. The van der Waals surface area contributed by atoms with Crippen LogP contribution < -0.4 is 16.8 Å². The molecule has 5 N–H and O–H groups in total. The molecule has 6 heteroatoms. The van der Waals surface area contributed by atoms with E-state index in [1.54, 1.807) is 12.5 Å². The monoisotopic (exact) mass is 252 g/mol. The predicted molar refractivity (Wildman–Crippen MR) is 67.4 cm³/mol. The number of hydrogen-bond acceptors (Lipinski definition) is 6. The molecule has 100 valence electrons. The summed E-state index contributed by atoms with van der Waals surface area (Å²) >= 11 is 0. The van der Waals surface area contributed by atoms with Gasteiger partial charge in [-0.3, -0.25) is 0 Å². The van der Waals surface area contributed by atoms with Gasteiger partial charge in [0.2, 0.25) is 0 Å². The molecule has 0 bridgehead atoms. The summed E-state index contributed by atoms with van der Waals surface area (Å²) in [5.74, 6) is -0.118. The Kier molecular flexibility index (Phi) is 2.80. The lowest BCUT2D eigenvalue weighted by Gasteiger charge is -2.42. The summed E-state index contributed by atoms with van der Waals surface area (Å²) in [6.07, 6.45) is 6.91. The highest BCUT2D eigenvalue weighted by Gasteiger charge is 2.46. The maximum Gasteiger partial charge on any atom is 0.168 e. The second kappa shape index (κ2) is 4.22. The van der Waals surface area contributed by atoms with E-state index in [0.717, 1.165) is 25.7 Å². The van der Waals surface area contributed by atoms with Gasteiger partial charge in [0.1, 0.15) is 0 Å². The van der Waals surface area contributed by atoms with Crippen molar-refractivity contribution in [3.63, 3.8) is 0 Å². The van der Waals surface area contributed by atoms with E-state index in [1.165, 1.54) is 0 Å². The SMILES string of the molecule is NC1=CNC=NC1(N)C1CCC2(CC1)OCCO2. The Bertz CT molecular complexity index is 380. The third kappa shape index (κ3) is 1.81. The standard InChI is InChI=1S/C12H20N4O2/c13-10-7-15-8-16-12(10,14)9-1-3-11(4-2-9)17-5-6-18-11/h7-9H,1-6,13-14H2,(H,15,16). The largest absolute Gasteiger partial charge is 0.398 e. The third-order valence-electron chi connectivity index (χ3n) is 4.24. The first kappa shape index (κ1) is 12.0. The van der Waals surface area contributed by atoms with Gasteiger partial charge in [-0.05, 0) is 12.8 Å². The summed E-state index contributed by atoms with van der Waals surface area (Å²) in [5, 5.41) is 2.87. The summed E-state index contributed by atoms with van der Waals surface area (Å²) in [4.78, 5) is 4.35. The average Bonchev–Trinajstić information content (AvgIpc) is 2.82. The Hall–Kier alpha value is -1.11. The molecule has 1 unspecified atom stereocenters. The van der Waals surface area contributed by atoms with Gasteiger partial charge in [0.25, 0.3) is 0 Å². The van der Waals surface area contributed by atoms with Gasteiger partial charge < -0.3 is 26.3 Å². The van der Waals surface area contributed by atoms with Crippen LogP contribution in [0, 0.1) is 5.92 Å². The van der Waals surface area contributed by atoms with Crippen molar-refractivity contribution in [3.05, 3.63) is 11.9 Å². The molecule has 1 saturated carbocycles. The van der Waals surface area contributed by atoms with Crippen molar-refractivity contribution >= 4 is 6.34 Å². The molecule has 1 saturated heterocycles. The number of ether oxygens (including phenoxy) is 2. The quantitative estimate of drug-likeness (QED) is 0.611. The minimum atomic E-state index is -0.772. The van der Waals surface area contributed by atoms with Crippen LogP contribution in [0.3, 0.4) is 0 Å². The van der Waals surface area contributed by atoms with E-state index in [2.05, 4.69) is 10.3 Å². The van der Waals surface area contributed by atoms with Crippen LogP contribution in [-0.2, 0) is 9.47 Å². The average molecular weight is 252 g/mol. The lowest BCUT2D eigenvalue weighted by Crippen LogP contribution is -2.54. The van der Waals surface area contributed by atoms with Crippen molar-refractivity contribution in [3.8, 4) is 0 Å². The highest BCUT2D eigenvalue weighted by atomic mass is 16.7. The first-order valence-electron chi connectivity index (χ1n) is 6.47. The molecule has 0 radical (unpaired) electrons. The lowest BCUT2D eigenvalue weighted by atomic mass is 9.76. The summed E-state index contributed by atoms with van der Waals surface area (Å²) in [6.45, 7) is 1.39. The molecule has 2 fully saturated rings. The van der Waals surface area contributed by atoms with Crippen molar-refractivity contribution in [1.82, 2.24) is 5.32 Å². The predicted octanol–water partition coefficient (Wildman–Crippen LogP) is 0.00630. The Labute approximate surface area is 106 Å². The normalized spacial score (nSPS) is 35.5. The van der Waals surface area contributed by atoms with Crippen molar-refractivity contribution in [2.24, 2.45) is 22.4 Å². The van der Waals surface area contributed by atoms with Gasteiger partial charge >= 0.3 is 0 Å². The molecule has 1 aliphatic carbocycles. The molecule has 6 nitrogen and oxygen atoms in total. The van der Waals surface area contributed by atoms with Gasteiger partial charge in [-0.15, -0.1) is 0 Å². The van der Waals surface area contributed by atoms with Gasteiger partial charge in [0.15, 0.2) is 11.4 Å². The molecule has 0 aromatic carbocycles. The van der Waals surface area contributed by atoms with Crippen LogP contribution >= 0.6 is 0 Å². The number of nitrogens with zero attached hydrogens (tertiary/aromatic N) is 1. The molecule has 0 amide bonds. The lowest BCUT2D eigenvalue weighted by molar-refractivity contribution is -0.184. The van der Waals surface area contributed by atoms with E-state index in [4.69, 9.17) is 20.9 Å². The van der Waals surface area contributed by atoms with Crippen LogP contribution in [0.5, 0.6) is 0 Å². The first-order chi connectivity index (χ1) is 8.65. The van der Waals surface area contributed by atoms with E-state index >= 15 is 0 Å².